The number of aliphatic carboxylic acids is 1. The van der Waals surface area contributed by atoms with Gasteiger partial charge in [-0.25, -0.2) is 4.79 Å². The Morgan fingerprint density at radius 1 is 1.22 bits per heavy atom. The quantitative estimate of drug-likeness (QED) is 0.333. The summed E-state index contributed by atoms with van der Waals surface area (Å²) < 4.78 is 5.34. The molecule has 5 N–H and O–H groups in total. The van der Waals surface area contributed by atoms with Crippen molar-refractivity contribution in [1.82, 2.24) is 20.9 Å². The molecule has 3 rings (SSSR count). The van der Waals surface area contributed by atoms with Crippen molar-refractivity contribution in [2.24, 2.45) is 11.3 Å². The van der Waals surface area contributed by atoms with E-state index in [2.05, 4.69) is 20.9 Å². The van der Waals surface area contributed by atoms with Crippen molar-refractivity contribution in [3.63, 3.8) is 0 Å². The highest BCUT2D eigenvalue weighted by Gasteiger charge is 2.40. The summed E-state index contributed by atoms with van der Waals surface area (Å²) in [4.78, 5) is 53.7. The zero-order chi connectivity index (χ0) is 27.7. The lowest BCUT2D eigenvalue weighted by molar-refractivity contribution is -0.143. The summed E-state index contributed by atoms with van der Waals surface area (Å²) in [5.74, 6) is -2.69. The third-order valence-electron chi connectivity index (χ3n) is 6.33. The van der Waals surface area contributed by atoms with Gasteiger partial charge in [0.25, 0.3) is 5.91 Å². The molecule has 202 valence electrons. The van der Waals surface area contributed by atoms with E-state index < -0.39 is 41.3 Å². The Labute approximate surface area is 220 Å². The summed E-state index contributed by atoms with van der Waals surface area (Å²) in [5, 5.41) is 18.9. The Morgan fingerprint density at radius 2 is 1.89 bits per heavy atom. The van der Waals surface area contributed by atoms with Gasteiger partial charge in [0.15, 0.2) is 0 Å². The summed E-state index contributed by atoms with van der Waals surface area (Å²) in [5.41, 5.74) is -0.113. The number of benzene rings is 1. The van der Waals surface area contributed by atoms with E-state index in [-0.39, 0.29) is 29.9 Å². The predicted molar refractivity (Wildman–Crippen MR) is 140 cm³/mol. The lowest BCUT2D eigenvalue weighted by atomic mass is 9.87. The molecule has 2 aromatic rings. The molecule has 3 amide bonds. The van der Waals surface area contributed by atoms with E-state index in [0.717, 1.165) is 0 Å². The second kappa shape index (κ2) is 10.6. The number of carbonyl (C=O) groups excluding carboxylic acids is 3. The number of aromatic amines is 1. The third-order valence-corrected chi connectivity index (χ3v) is 6.64. The Hall–Kier alpha value is -3.27. The van der Waals surface area contributed by atoms with Crippen LogP contribution in [0.5, 0.6) is 5.75 Å². The van der Waals surface area contributed by atoms with Gasteiger partial charge in [-0.15, -0.1) is 0 Å². The molecule has 0 radical (unpaired) electrons. The highest BCUT2D eigenvalue weighted by molar-refractivity contribution is 6.35. The monoisotopic (exact) mass is 534 g/mol. The van der Waals surface area contributed by atoms with Crippen LogP contribution in [-0.4, -0.2) is 58.5 Å². The minimum absolute atomic E-state index is 0.0488. The SMILES string of the molecule is COc1ccc(Cl)c2[nH]c(C(=O)NC(CC(C)(C)C)C(=O)NC(C[C@@H]3CC(C)(C)NC3=O)C(=O)O)cc12. The molecule has 2 heterocycles. The number of fused-ring (bicyclic) bond motifs is 1. The Morgan fingerprint density at radius 3 is 2.43 bits per heavy atom. The molecule has 37 heavy (non-hydrogen) atoms. The van der Waals surface area contributed by atoms with E-state index in [0.29, 0.717) is 28.1 Å². The van der Waals surface area contributed by atoms with Crippen LogP contribution in [0.2, 0.25) is 5.02 Å². The first kappa shape index (κ1) is 28.3. The number of hydrogen-bond donors (Lipinski definition) is 5. The van der Waals surface area contributed by atoms with Crippen LogP contribution in [-0.2, 0) is 14.4 Å². The fourth-order valence-corrected chi connectivity index (χ4v) is 4.89. The van der Waals surface area contributed by atoms with Crippen molar-refractivity contribution < 1.29 is 29.0 Å². The van der Waals surface area contributed by atoms with Gasteiger partial charge in [-0.3, -0.25) is 14.4 Å². The van der Waals surface area contributed by atoms with Crippen molar-refractivity contribution in [2.75, 3.05) is 7.11 Å². The Balaban J connectivity index is 1.80. The number of H-pyrrole nitrogens is 1. The summed E-state index contributed by atoms with van der Waals surface area (Å²) in [6, 6.07) is 2.62. The molecular weight excluding hydrogens is 500 g/mol. The van der Waals surface area contributed by atoms with E-state index >= 15 is 0 Å². The Kier molecular flexibility index (Phi) is 8.12. The number of rotatable bonds is 9. The van der Waals surface area contributed by atoms with Crippen LogP contribution in [0.1, 0.15) is 64.4 Å². The van der Waals surface area contributed by atoms with E-state index in [4.69, 9.17) is 16.3 Å². The van der Waals surface area contributed by atoms with Crippen molar-refractivity contribution in [2.45, 2.75) is 71.5 Å². The number of carboxylic acids is 1. The minimum Gasteiger partial charge on any atom is -0.496 e. The number of nitrogens with one attached hydrogen (secondary N) is 4. The fraction of sp³-hybridized carbons (Fsp3) is 0.538. The molecule has 1 aromatic carbocycles. The third kappa shape index (κ3) is 6.94. The van der Waals surface area contributed by atoms with Gasteiger partial charge in [-0.05, 0) is 56.7 Å². The highest BCUT2D eigenvalue weighted by atomic mass is 35.5. The molecule has 1 fully saturated rings. The molecule has 1 aliphatic rings. The minimum atomic E-state index is -1.28. The van der Waals surface area contributed by atoms with Crippen LogP contribution in [0.25, 0.3) is 10.9 Å². The zero-order valence-electron chi connectivity index (χ0n) is 22.0. The van der Waals surface area contributed by atoms with Gasteiger partial charge >= 0.3 is 5.97 Å². The first-order valence-electron chi connectivity index (χ1n) is 12.1. The summed E-state index contributed by atoms with van der Waals surface area (Å²) in [6.45, 7) is 9.45. The van der Waals surface area contributed by atoms with Gasteiger partial charge < -0.3 is 30.8 Å². The van der Waals surface area contributed by atoms with E-state index in [1.807, 2.05) is 34.6 Å². The topological polar surface area (TPSA) is 150 Å². The number of hydrogen-bond acceptors (Lipinski definition) is 5. The van der Waals surface area contributed by atoms with Gasteiger partial charge in [-0.1, -0.05) is 32.4 Å². The second-order valence-electron chi connectivity index (χ2n) is 11.4. The molecule has 0 bridgehead atoms. The number of methoxy groups -OCH3 is 1. The number of amides is 3. The van der Waals surface area contributed by atoms with Gasteiger partial charge in [0.05, 0.1) is 17.6 Å². The molecule has 0 spiro atoms. The fourth-order valence-electron chi connectivity index (χ4n) is 4.68. The highest BCUT2D eigenvalue weighted by Crippen LogP contribution is 2.32. The molecule has 10 nitrogen and oxygen atoms in total. The van der Waals surface area contributed by atoms with Crippen LogP contribution < -0.4 is 20.7 Å². The van der Waals surface area contributed by atoms with E-state index in [9.17, 15) is 24.3 Å². The summed E-state index contributed by atoms with van der Waals surface area (Å²) >= 11 is 6.27. The molecular formula is C26H35ClN4O6. The van der Waals surface area contributed by atoms with E-state index in [1.54, 1.807) is 18.2 Å². The lowest BCUT2D eigenvalue weighted by Crippen LogP contribution is -2.53. The normalized spacial score (nSPS) is 18.7. The Bertz CT molecular complexity index is 1220. The van der Waals surface area contributed by atoms with Crippen LogP contribution in [0.3, 0.4) is 0 Å². The molecule has 1 aromatic heterocycles. The average Bonchev–Trinajstić information content (AvgIpc) is 3.33. The zero-order valence-corrected chi connectivity index (χ0v) is 22.7. The molecule has 2 unspecified atom stereocenters. The second-order valence-corrected chi connectivity index (χ2v) is 11.8. The molecule has 11 heteroatoms. The van der Waals surface area contributed by atoms with Crippen LogP contribution >= 0.6 is 11.6 Å². The van der Waals surface area contributed by atoms with Crippen molar-refractivity contribution in [3.05, 3.63) is 28.9 Å². The molecule has 0 aliphatic carbocycles. The van der Waals surface area contributed by atoms with Crippen molar-refractivity contribution in [3.8, 4) is 5.75 Å². The number of halogens is 1. The van der Waals surface area contributed by atoms with Crippen LogP contribution in [0, 0.1) is 11.3 Å². The number of carboxylic acid groups (broad SMARTS) is 1. The maximum absolute atomic E-state index is 13.3. The van der Waals surface area contributed by atoms with Gasteiger partial charge in [-0.2, -0.15) is 0 Å². The number of carbonyl (C=O) groups is 4. The van der Waals surface area contributed by atoms with Gasteiger partial charge in [0, 0.05) is 16.8 Å². The molecule has 3 atom stereocenters. The van der Waals surface area contributed by atoms with Crippen LogP contribution in [0.4, 0.5) is 0 Å². The summed E-state index contributed by atoms with van der Waals surface area (Å²) in [7, 11) is 1.51. The van der Waals surface area contributed by atoms with E-state index in [1.165, 1.54) is 7.11 Å². The predicted octanol–water partition coefficient (Wildman–Crippen LogP) is 3.24. The maximum atomic E-state index is 13.3. The van der Waals surface area contributed by atoms with Gasteiger partial charge in [0.2, 0.25) is 11.8 Å². The first-order chi connectivity index (χ1) is 17.1. The maximum Gasteiger partial charge on any atom is 0.326 e. The smallest absolute Gasteiger partial charge is 0.326 e. The van der Waals surface area contributed by atoms with Crippen molar-refractivity contribution >= 4 is 46.2 Å². The van der Waals surface area contributed by atoms with Crippen molar-refractivity contribution in [1.29, 1.82) is 0 Å². The lowest BCUT2D eigenvalue weighted by Gasteiger charge is -2.27. The molecule has 0 saturated carbocycles. The largest absolute Gasteiger partial charge is 0.496 e. The molecule has 1 saturated heterocycles. The van der Waals surface area contributed by atoms with Crippen LogP contribution in [0.15, 0.2) is 18.2 Å². The van der Waals surface area contributed by atoms with Gasteiger partial charge in [0.1, 0.15) is 23.5 Å². The number of aromatic nitrogens is 1. The number of ether oxygens (including phenoxy) is 1. The first-order valence-corrected chi connectivity index (χ1v) is 12.5. The molecule has 1 aliphatic heterocycles. The average molecular weight is 535 g/mol. The standard InChI is InChI=1S/C26H35ClN4O6/c1-25(2,3)12-18(23(34)29-17(24(35)36)9-13-11-26(4,5)31-21(13)32)30-22(33)16-10-14-19(37-6)8-7-15(27)20(14)28-16/h7-8,10,13,17-18,28H,9,11-12H2,1-6H3,(H,29,34)(H,30,33)(H,31,32)(H,35,36)/t13-,17?,18?/m1/s1. The summed E-state index contributed by atoms with van der Waals surface area (Å²) in [6.07, 6.45) is 0.658.